The van der Waals surface area contributed by atoms with Crippen LogP contribution < -0.4 is 4.90 Å². The van der Waals surface area contributed by atoms with Crippen molar-refractivity contribution in [1.29, 1.82) is 0 Å². The summed E-state index contributed by atoms with van der Waals surface area (Å²) in [6.45, 7) is 5.30. The molecular weight excluding hydrogens is 226 g/mol. The second kappa shape index (κ2) is 5.25. The van der Waals surface area contributed by atoms with Crippen LogP contribution in [-0.4, -0.2) is 23.7 Å². The Balaban J connectivity index is 2.36. The largest absolute Gasteiger partial charge is 0.478 e. The highest BCUT2D eigenvalue weighted by molar-refractivity contribution is 5.87. The van der Waals surface area contributed by atoms with Crippen molar-refractivity contribution in [3.05, 3.63) is 35.4 Å². The van der Waals surface area contributed by atoms with Gasteiger partial charge in [0, 0.05) is 24.4 Å². The number of aliphatic carboxylic acids is 1. The molecule has 1 aliphatic rings. The summed E-state index contributed by atoms with van der Waals surface area (Å²) >= 11 is 0. The first kappa shape index (κ1) is 12.7. The molecule has 3 nitrogen and oxygen atoms in total. The van der Waals surface area contributed by atoms with E-state index in [9.17, 15) is 4.79 Å². The third-order valence-corrected chi connectivity index (χ3v) is 3.45. The zero-order valence-electron chi connectivity index (χ0n) is 10.9. The normalized spacial score (nSPS) is 19.7. The minimum Gasteiger partial charge on any atom is -0.478 e. The van der Waals surface area contributed by atoms with E-state index in [-0.39, 0.29) is 0 Å². The predicted octanol–water partition coefficient (Wildman–Crippen LogP) is 3.08. The molecule has 0 amide bonds. The summed E-state index contributed by atoms with van der Waals surface area (Å²) in [5.74, 6) is -0.906. The molecule has 0 spiro atoms. The summed E-state index contributed by atoms with van der Waals surface area (Å²) in [6, 6.07) is 6.75. The van der Waals surface area contributed by atoms with Gasteiger partial charge in [0.15, 0.2) is 0 Å². The Hall–Kier alpha value is -1.77. The fourth-order valence-electron chi connectivity index (χ4n) is 2.52. The van der Waals surface area contributed by atoms with Crippen LogP contribution in [0.2, 0.25) is 0 Å². The number of carboxylic acids is 1. The Morgan fingerprint density at radius 3 is 2.89 bits per heavy atom. The van der Waals surface area contributed by atoms with Gasteiger partial charge in [0.1, 0.15) is 0 Å². The summed E-state index contributed by atoms with van der Waals surface area (Å²) in [4.78, 5) is 13.0. The smallest absolute Gasteiger partial charge is 0.328 e. The molecule has 1 fully saturated rings. The maximum atomic E-state index is 10.7. The van der Waals surface area contributed by atoms with E-state index >= 15 is 0 Å². The number of nitrogens with zero attached hydrogens (tertiary/aromatic N) is 1. The quantitative estimate of drug-likeness (QED) is 0.832. The summed E-state index contributed by atoms with van der Waals surface area (Å²) in [5, 5.41) is 8.75. The highest BCUT2D eigenvalue weighted by Crippen LogP contribution is 2.30. The van der Waals surface area contributed by atoms with E-state index < -0.39 is 5.97 Å². The van der Waals surface area contributed by atoms with Crippen molar-refractivity contribution in [2.75, 3.05) is 11.4 Å². The molecule has 18 heavy (non-hydrogen) atoms. The number of carbonyl (C=O) groups is 1. The van der Waals surface area contributed by atoms with Crippen molar-refractivity contribution < 1.29 is 9.90 Å². The van der Waals surface area contributed by atoms with E-state index in [2.05, 4.69) is 24.0 Å². The molecule has 1 aromatic carbocycles. The molecule has 96 valence electrons. The predicted molar refractivity (Wildman–Crippen MR) is 73.9 cm³/mol. The maximum Gasteiger partial charge on any atom is 0.328 e. The molecule has 0 bridgehead atoms. The molecule has 1 aliphatic heterocycles. The van der Waals surface area contributed by atoms with E-state index in [0.29, 0.717) is 6.04 Å². The van der Waals surface area contributed by atoms with Crippen LogP contribution in [-0.2, 0) is 4.79 Å². The van der Waals surface area contributed by atoms with Crippen molar-refractivity contribution >= 4 is 17.7 Å². The summed E-state index contributed by atoms with van der Waals surface area (Å²) in [7, 11) is 0. The molecule has 0 aromatic heterocycles. The molecule has 1 heterocycles. The lowest BCUT2D eigenvalue weighted by atomic mass is 10.1. The summed E-state index contributed by atoms with van der Waals surface area (Å²) in [6.07, 6.45) is 5.31. The van der Waals surface area contributed by atoms with Gasteiger partial charge in [-0.15, -0.1) is 0 Å². The Kier molecular flexibility index (Phi) is 3.70. The monoisotopic (exact) mass is 245 g/mol. The lowest BCUT2D eigenvalue weighted by Gasteiger charge is -2.26. The van der Waals surface area contributed by atoms with Crippen LogP contribution in [0.1, 0.15) is 30.9 Å². The molecule has 1 aromatic rings. The zero-order valence-corrected chi connectivity index (χ0v) is 10.9. The van der Waals surface area contributed by atoms with Gasteiger partial charge < -0.3 is 10.0 Å². The number of hydrogen-bond donors (Lipinski definition) is 1. The first-order valence-corrected chi connectivity index (χ1v) is 6.36. The minimum atomic E-state index is -0.906. The van der Waals surface area contributed by atoms with Crippen molar-refractivity contribution in [3.8, 4) is 0 Å². The Labute approximate surface area is 108 Å². The van der Waals surface area contributed by atoms with E-state index in [4.69, 9.17) is 5.11 Å². The van der Waals surface area contributed by atoms with Crippen LogP contribution >= 0.6 is 0 Å². The number of rotatable bonds is 3. The van der Waals surface area contributed by atoms with Crippen molar-refractivity contribution in [2.45, 2.75) is 32.7 Å². The molecule has 0 saturated carbocycles. The SMILES string of the molecule is Cc1ccc(N2CCCC2C)c(/C=C/C(=O)O)c1. The first-order valence-electron chi connectivity index (χ1n) is 6.36. The topological polar surface area (TPSA) is 40.5 Å². The van der Waals surface area contributed by atoms with Gasteiger partial charge in [0.05, 0.1) is 0 Å². The maximum absolute atomic E-state index is 10.7. The Bertz CT molecular complexity index is 479. The van der Waals surface area contributed by atoms with Crippen molar-refractivity contribution in [1.82, 2.24) is 0 Å². The summed E-state index contributed by atoms with van der Waals surface area (Å²) < 4.78 is 0. The molecule has 3 heteroatoms. The second-order valence-corrected chi connectivity index (χ2v) is 4.92. The standard InChI is InChI=1S/C15H19NO2/c1-11-5-7-14(16-9-3-4-12(16)2)13(10-11)6-8-15(17)18/h5-8,10,12H,3-4,9H2,1-2H3,(H,17,18)/b8-6+. The highest BCUT2D eigenvalue weighted by Gasteiger charge is 2.21. The Morgan fingerprint density at radius 2 is 2.28 bits per heavy atom. The van der Waals surface area contributed by atoms with Crippen LogP contribution in [0.3, 0.4) is 0 Å². The third kappa shape index (κ3) is 2.73. The Morgan fingerprint density at radius 1 is 1.50 bits per heavy atom. The number of aryl methyl sites for hydroxylation is 1. The second-order valence-electron chi connectivity index (χ2n) is 4.92. The molecule has 0 radical (unpaired) electrons. The van der Waals surface area contributed by atoms with Crippen LogP contribution in [0.5, 0.6) is 0 Å². The van der Waals surface area contributed by atoms with Crippen molar-refractivity contribution in [2.24, 2.45) is 0 Å². The zero-order chi connectivity index (χ0) is 13.1. The summed E-state index contributed by atoms with van der Waals surface area (Å²) in [5.41, 5.74) is 3.28. The van der Waals surface area contributed by atoms with Gasteiger partial charge in [-0.25, -0.2) is 4.79 Å². The molecule has 1 unspecified atom stereocenters. The number of hydrogen-bond acceptors (Lipinski definition) is 2. The van der Waals surface area contributed by atoms with Gasteiger partial charge >= 0.3 is 5.97 Å². The van der Waals surface area contributed by atoms with Gasteiger partial charge in [0.25, 0.3) is 0 Å². The molecule has 1 atom stereocenters. The number of carboxylic acid groups (broad SMARTS) is 1. The molecule has 2 rings (SSSR count). The first-order chi connectivity index (χ1) is 8.58. The van der Waals surface area contributed by atoms with Crippen molar-refractivity contribution in [3.63, 3.8) is 0 Å². The average molecular weight is 245 g/mol. The molecular formula is C15H19NO2. The third-order valence-electron chi connectivity index (χ3n) is 3.45. The molecule has 0 aliphatic carbocycles. The van der Waals surface area contributed by atoms with E-state index in [1.807, 2.05) is 13.0 Å². The van der Waals surface area contributed by atoms with Gasteiger partial charge in [-0.1, -0.05) is 11.6 Å². The van der Waals surface area contributed by atoms with Gasteiger partial charge in [-0.05, 0) is 50.5 Å². The fraction of sp³-hybridized carbons (Fsp3) is 0.400. The van der Waals surface area contributed by atoms with E-state index in [0.717, 1.165) is 23.4 Å². The number of benzene rings is 1. The van der Waals surface area contributed by atoms with Gasteiger partial charge in [-0.3, -0.25) is 0 Å². The highest BCUT2D eigenvalue weighted by atomic mass is 16.4. The van der Waals surface area contributed by atoms with E-state index in [1.54, 1.807) is 6.08 Å². The van der Waals surface area contributed by atoms with Crippen LogP contribution in [0, 0.1) is 6.92 Å². The lowest BCUT2D eigenvalue weighted by Crippen LogP contribution is -2.26. The van der Waals surface area contributed by atoms with Gasteiger partial charge in [-0.2, -0.15) is 0 Å². The van der Waals surface area contributed by atoms with Crippen LogP contribution in [0.25, 0.3) is 6.08 Å². The van der Waals surface area contributed by atoms with Crippen LogP contribution in [0.4, 0.5) is 5.69 Å². The lowest BCUT2D eigenvalue weighted by molar-refractivity contribution is -0.131. The van der Waals surface area contributed by atoms with E-state index in [1.165, 1.54) is 18.9 Å². The van der Waals surface area contributed by atoms with Crippen LogP contribution in [0.15, 0.2) is 24.3 Å². The fourth-order valence-corrected chi connectivity index (χ4v) is 2.52. The molecule has 1 saturated heterocycles. The minimum absolute atomic E-state index is 0.532. The average Bonchev–Trinajstić information content (AvgIpc) is 2.73. The number of anilines is 1. The molecule has 1 N–H and O–H groups in total. The van der Waals surface area contributed by atoms with Gasteiger partial charge in [0.2, 0.25) is 0 Å².